The molecule has 1 saturated carbocycles. The van der Waals surface area contributed by atoms with Gasteiger partial charge in [0.2, 0.25) is 11.1 Å². The highest BCUT2D eigenvalue weighted by Gasteiger charge is 2.26. The highest BCUT2D eigenvalue weighted by atomic mass is 32.2. The van der Waals surface area contributed by atoms with Crippen LogP contribution in [0.3, 0.4) is 0 Å². The zero-order chi connectivity index (χ0) is 20.8. The third-order valence-corrected chi connectivity index (χ3v) is 6.77. The van der Waals surface area contributed by atoms with E-state index in [4.69, 9.17) is 4.74 Å². The highest BCUT2D eigenvalue weighted by molar-refractivity contribution is 7.99. The number of hydrogen-bond acceptors (Lipinski definition) is 6. The summed E-state index contributed by atoms with van der Waals surface area (Å²) in [5, 5.41) is 12.6. The van der Waals surface area contributed by atoms with E-state index in [0.29, 0.717) is 18.2 Å². The van der Waals surface area contributed by atoms with Gasteiger partial charge < -0.3 is 9.64 Å². The molecule has 162 valence electrons. The van der Waals surface area contributed by atoms with Gasteiger partial charge in [-0.05, 0) is 53.8 Å². The molecule has 4 rings (SSSR count). The minimum absolute atomic E-state index is 0.0721. The molecule has 1 saturated heterocycles. The van der Waals surface area contributed by atoms with Gasteiger partial charge in [-0.15, -0.1) is 5.10 Å². The average Bonchev–Trinajstić information content (AvgIpc) is 3.45. The van der Waals surface area contributed by atoms with Crippen molar-refractivity contribution < 1.29 is 13.9 Å². The topological polar surface area (TPSA) is 73.1 Å². The Morgan fingerprint density at radius 2 is 1.97 bits per heavy atom. The van der Waals surface area contributed by atoms with Crippen molar-refractivity contribution in [3.63, 3.8) is 0 Å². The molecule has 0 unspecified atom stereocenters. The van der Waals surface area contributed by atoms with Crippen molar-refractivity contribution in [2.75, 3.05) is 12.4 Å². The van der Waals surface area contributed by atoms with Crippen LogP contribution in [0.2, 0.25) is 0 Å². The van der Waals surface area contributed by atoms with Gasteiger partial charge in [0.05, 0.1) is 18.4 Å². The van der Waals surface area contributed by atoms with Crippen molar-refractivity contribution in [1.82, 2.24) is 25.1 Å². The second-order valence-corrected chi connectivity index (χ2v) is 8.95. The molecule has 2 aromatic rings. The summed E-state index contributed by atoms with van der Waals surface area (Å²) in [4.78, 5) is 15.2. The maximum Gasteiger partial charge on any atom is 0.233 e. The minimum Gasteiger partial charge on any atom is -0.376 e. The maximum atomic E-state index is 13.3. The molecule has 0 radical (unpaired) electrons. The van der Waals surface area contributed by atoms with E-state index in [1.165, 1.54) is 30.3 Å². The second kappa shape index (κ2) is 10.3. The van der Waals surface area contributed by atoms with E-state index in [1.807, 2.05) is 4.90 Å². The number of nitrogens with zero attached hydrogens (tertiary/aromatic N) is 5. The normalized spacial score (nSPS) is 19.8. The SMILES string of the molecule is O=C(CSc1nnnn1C[C@H]1CCCO1)N(Cc1ccc(F)cc1)C1CCCCC1. The first kappa shape index (κ1) is 21.2. The van der Waals surface area contributed by atoms with Crippen molar-refractivity contribution in [2.45, 2.75) is 75.3 Å². The summed E-state index contributed by atoms with van der Waals surface area (Å²) in [6.07, 6.45) is 7.77. The molecular weight excluding hydrogens is 405 g/mol. The molecule has 0 spiro atoms. The number of aromatic nitrogens is 4. The van der Waals surface area contributed by atoms with Gasteiger partial charge in [0.1, 0.15) is 5.82 Å². The lowest BCUT2D eigenvalue weighted by Crippen LogP contribution is -2.42. The molecule has 1 aromatic heterocycles. The summed E-state index contributed by atoms with van der Waals surface area (Å²) >= 11 is 1.37. The summed E-state index contributed by atoms with van der Waals surface area (Å²) in [6.45, 7) is 1.91. The van der Waals surface area contributed by atoms with E-state index in [-0.39, 0.29) is 29.6 Å². The molecule has 1 atom stereocenters. The Morgan fingerprint density at radius 3 is 2.70 bits per heavy atom. The monoisotopic (exact) mass is 433 g/mol. The van der Waals surface area contributed by atoms with Gasteiger partial charge in [0.15, 0.2) is 0 Å². The molecule has 1 aliphatic heterocycles. The lowest BCUT2D eigenvalue weighted by atomic mass is 9.94. The summed E-state index contributed by atoms with van der Waals surface area (Å²) in [7, 11) is 0. The summed E-state index contributed by atoms with van der Waals surface area (Å²) < 4.78 is 20.7. The fourth-order valence-corrected chi connectivity index (χ4v) is 4.98. The second-order valence-electron chi connectivity index (χ2n) is 8.01. The lowest BCUT2D eigenvalue weighted by Gasteiger charge is -2.34. The summed E-state index contributed by atoms with van der Waals surface area (Å²) in [5.41, 5.74) is 0.948. The van der Waals surface area contributed by atoms with E-state index in [1.54, 1.807) is 16.8 Å². The van der Waals surface area contributed by atoms with Gasteiger partial charge in [0.25, 0.3) is 0 Å². The van der Waals surface area contributed by atoms with Crippen LogP contribution in [0.15, 0.2) is 29.4 Å². The summed E-state index contributed by atoms with van der Waals surface area (Å²) in [5.74, 6) is 0.0923. The number of carbonyl (C=O) groups is 1. The Morgan fingerprint density at radius 1 is 1.17 bits per heavy atom. The fraction of sp³-hybridized carbons (Fsp3) is 0.619. The molecule has 7 nitrogen and oxygen atoms in total. The van der Waals surface area contributed by atoms with E-state index in [0.717, 1.165) is 50.7 Å². The molecule has 0 bridgehead atoms. The third kappa shape index (κ3) is 5.57. The predicted molar refractivity (Wildman–Crippen MR) is 111 cm³/mol. The van der Waals surface area contributed by atoms with E-state index < -0.39 is 0 Å². The number of halogens is 1. The molecule has 1 amide bonds. The first-order chi connectivity index (χ1) is 14.7. The molecule has 2 heterocycles. The van der Waals surface area contributed by atoms with Crippen LogP contribution in [-0.4, -0.2) is 55.5 Å². The van der Waals surface area contributed by atoms with Crippen molar-refractivity contribution >= 4 is 17.7 Å². The predicted octanol–water partition coefficient (Wildman–Crippen LogP) is 3.44. The van der Waals surface area contributed by atoms with Gasteiger partial charge in [0, 0.05) is 19.2 Å². The van der Waals surface area contributed by atoms with Gasteiger partial charge in [-0.1, -0.05) is 43.2 Å². The number of amides is 1. The van der Waals surface area contributed by atoms with Crippen molar-refractivity contribution in [3.8, 4) is 0 Å². The highest BCUT2D eigenvalue weighted by Crippen LogP contribution is 2.26. The molecule has 2 aliphatic rings. The average molecular weight is 434 g/mol. The Bertz CT molecular complexity index is 819. The lowest BCUT2D eigenvalue weighted by molar-refractivity contribution is -0.132. The zero-order valence-electron chi connectivity index (χ0n) is 17.1. The van der Waals surface area contributed by atoms with Crippen molar-refractivity contribution in [2.24, 2.45) is 0 Å². The number of hydrogen-bond donors (Lipinski definition) is 0. The molecule has 1 aliphatic carbocycles. The largest absolute Gasteiger partial charge is 0.376 e. The quantitative estimate of drug-likeness (QED) is 0.594. The van der Waals surface area contributed by atoms with Crippen LogP contribution in [0.4, 0.5) is 4.39 Å². The number of tetrazole rings is 1. The van der Waals surface area contributed by atoms with Crippen LogP contribution in [-0.2, 0) is 22.6 Å². The Hall–Kier alpha value is -2.00. The first-order valence-electron chi connectivity index (χ1n) is 10.7. The molecule has 0 N–H and O–H groups in total. The van der Waals surface area contributed by atoms with E-state index in [2.05, 4.69) is 15.5 Å². The van der Waals surface area contributed by atoms with Crippen LogP contribution >= 0.6 is 11.8 Å². The van der Waals surface area contributed by atoms with E-state index in [9.17, 15) is 9.18 Å². The van der Waals surface area contributed by atoms with Crippen molar-refractivity contribution in [1.29, 1.82) is 0 Å². The molecule has 30 heavy (non-hydrogen) atoms. The Labute approximate surface area is 180 Å². The van der Waals surface area contributed by atoms with Crippen LogP contribution in [0.5, 0.6) is 0 Å². The number of thioether (sulfide) groups is 1. The fourth-order valence-electron chi connectivity index (χ4n) is 4.20. The minimum atomic E-state index is -0.261. The Balaban J connectivity index is 1.40. The van der Waals surface area contributed by atoms with E-state index >= 15 is 0 Å². The zero-order valence-corrected chi connectivity index (χ0v) is 17.9. The van der Waals surface area contributed by atoms with Gasteiger partial charge in [-0.3, -0.25) is 4.79 Å². The Kier molecular flexibility index (Phi) is 7.33. The van der Waals surface area contributed by atoms with Gasteiger partial charge in [-0.25, -0.2) is 9.07 Å². The maximum absolute atomic E-state index is 13.3. The van der Waals surface area contributed by atoms with Crippen LogP contribution in [0.1, 0.15) is 50.5 Å². The molecular formula is C21H28FN5O2S. The van der Waals surface area contributed by atoms with Crippen LogP contribution < -0.4 is 0 Å². The van der Waals surface area contributed by atoms with Crippen LogP contribution in [0, 0.1) is 5.82 Å². The van der Waals surface area contributed by atoms with Gasteiger partial charge in [-0.2, -0.15) is 0 Å². The third-order valence-electron chi connectivity index (χ3n) is 5.83. The smallest absolute Gasteiger partial charge is 0.233 e. The number of carbonyl (C=O) groups excluding carboxylic acids is 1. The molecule has 2 fully saturated rings. The summed E-state index contributed by atoms with van der Waals surface area (Å²) in [6, 6.07) is 6.65. The van der Waals surface area contributed by atoms with Gasteiger partial charge >= 0.3 is 0 Å². The molecule has 1 aromatic carbocycles. The van der Waals surface area contributed by atoms with Crippen LogP contribution in [0.25, 0.3) is 0 Å². The standard InChI is InChI=1S/C21H28FN5O2S/c22-17-10-8-16(9-11-17)13-26(18-5-2-1-3-6-18)20(28)15-30-21-23-24-25-27(21)14-19-7-4-12-29-19/h8-11,18-19H,1-7,12-15H2/t19-/m1/s1. The molecule has 9 heteroatoms. The van der Waals surface area contributed by atoms with Crippen molar-refractivity contribution in [3.05, 3.63) is 35.6 Å². The number of rotatable bonds is 8. The number of benzene rings is 1. The number of ether oxygens (including phenoxy) is 1. The first-order valence-corrected chi connectivity index (χ1v) is 11.7.